The van der Waals surface area contributed by atoms with Gasteiger partial charge in [0, 0.05) is 30.8 Å². The van der Waals surface area contributed by atoms with E-state index in [0.29, 0.717) is 11.2 Å². The van der Waals surface area contributed by atoms with Crippen molar-refractivity contribution < 1.29 is 4.79 Å². The molecule has 1 aromatic rings. The highest BCUT2D eigenvalue weighted by Gasteiger charge is 2.33. The number of carbonyl (C=O) groups is 1. The van der Waals surface area contributed by atoms with E-state index in [0.717, 1.165) is 24.1 Å². The fraction of sp³-hybridized carbons (Fsp3) is 0.571. The van der Waals surface area contributed by atoms with Crippen LogP contribution in [-0.4, -0.2) is 32.7 Å². The van der Waals surface area contributed by atoms with Gasteiger partial charge in [0.1, 0.15) is 5.15 Å². The van der Waals surface area contributed by atoms with Crippen LogP contribution >= 0.6 is 11.6 Å². The first-order valence-corrected chi connectivity index (χ1v) is 6.99. The lowest BCUT2D eigenvalue weighted by Crippen LogP contribution is -2.37. The number of hydrogen-bond acceptors (Lipinski definition) is 2. The van der Waals surface area contributed by atoms with Gasteiger partial charge in [-0.15, -0.1) is 0 Å². The molecular formula is C14H20ClN3O. The number of rotatable bonds is 4. The lowest BCUT2D eigenvalue weighted by molar-refractivity contribution is -0.128. The van der Waals surface area contributed by atoms with Crippen LogP contribution in [0, 0.1) is 6.92 Å². The standard InChI is InChI=1S/C14H20ClN3O/c1-9(2)18(11-5-6-11)13(19)8-7-12-10(3)16-17(4)14(12)15/h7-9,11H,5-6H2,1-4H3/b8-7+. The predicted octanol–water partition coefficient (Wildman–Crippen LogP) is 2.79. The summed E-state index contributed by atoms with van der Waals surface area (Å²) in [5, 5.41) is 4.78. The maximum Gasteiger partial charge on any atom is 0.247 e. The normalized spacial score (nSPS) is 15.5. The summed E-state index contributed by atoms with van der Waals surface area (Å²) in [4.78, 5) is 14.2. The van der Waals surface area contributed by atoms with Crippen LogP contribution in [0.2, 0.25) is 5.15 Å². The van der Waals surface area contributed by atoms with Crippen molar-refractivity contribution in [1.29, 1.82) is 0 Å². The van der Waals surface area contributed by atoms with Gasteiger partial charge in [0.15, 0.2) is 0 Å². The molecule has 1 saturated carbocycles. The van der Waals surface area contributed by atoms with Gasteiger partial charge in [-0.1, -0.05) is 11.6 Å². The first-order valence-electron chi connectivity index (χ1n) is 6.61. The quantitative estimate of drug-likeness (QED) is 0.796. The molecule has 1 fully saturated rings. The highest BCUT2D eigenvalue weighted by molar-refractivity contribution is 6.31. The lowest BCUT2D eigenvalue weighted by Gasteiger charge is -2.25. The van der Waals surface area contributed by atoms with Crippen LogP contribution in [0.15, 0.2) is 6.08 Å². The van der Waals surface area contributed by atoms with Crippen molar-refractivity contribution in [2.75, 3.05) is 0 Å². The van der Waals surface area contributed by atoms with Crippen LogP contribution in [-0.2, 0) is 11.8 Å². The van der Waals surface area contributed by atoms with Gasteiger partial charge in [0.2, 0.25) is 5.91 Å². The molecule has 0 saturated heterocycles. The monoisotopic (exact) mass is 281 g/mol. The zero-order valence-corrected chi connectivity index (χ0v) is 12.6. The fourth-order valence-electron chi connectivity index (χ4n) is 2.29. The van der Waals surface area contributed by atoms with Crippen LogP contribution in [0.5, 0.6) is 0 Å². The van der Waals surface area contributed by atoms with Gasteiger partial charge in [0.05, 0.1) is 5.69 Å². The van der Waals surface area contributed by atoms with Crippen LogP contribution < -0.4 is 0 Å². The molecule has 1 heterocycles. The topological polar surface area (TPSA) is 38.1 Å². The largest absolute Gasteiger partial charge is 0.334 e. The first-order chi connectivity index (χ1) is 8.91. The molecule has 19 heavy (non-hydrogen) atoms. The number of aromatic nitrogens is 2. The molecule has 5 heteroatoms. The molecule has 0 radical (unpaired) electrons. The molecule has 0 unspecified atom stereocenters. The summed E-state index contributed by atoms with van der Waals surface area (Å²) >= 11 is 6.14. The molecule has 1 aliphatic carbocycles. The van der Waals surface area contributed by atoms with Crippen LogP contribution in [0.4, 0.5) is 0 Å². The minimum Gasteiger partial charge on any atom is -0.334 e. The summed E-state index contributed by atoms with van der Waals surface area (Å²) in [5.41, 5.74) is 1.65. The van der Waals surface area contributed by atoms with E-state index in [1.165, 1.54) is 0 Å². The molecule has 2 rings (SSSR count). The molecule has 104 valence electrons. The van der Waals surface area contributed by atoms with E-state index in [4.69, 9.17) is 11.6 Å². The lowest BCUT2D eigenvalue weighted by atomic mass is 10.2. The SMILES string of the molecule is Cc1nn(C)c(Cl)c1/C=C/C(=O)N(C(C)C)C1CC1. The molecule has 4 nitrogen and oxygen atoms in total. The van der Waals surface area contributed by atoms with Crippen molar-refractivity contribution in [1.82, 2.24) is 14.7 Å². The summed E-state index contributed by atoms with van der Waals surface area (Å²) in [5.74, 6) is 0.0526. The van der Waals surface area contributed by atoms with Gasteiger partial charge >= 0.3 is 0 Å². The summed E-state index contributed by atoms with van der Waals surface area (Å²) in [6.07, 6.45) is 5.61. The van der Waals surface area contributed by atoms with E-state index in [1.54, 1.807) is 23.9 Å². The number of nitrogens with zero attached hydrogens (tertiary/aromatic N) is 3. The van der Waals surface area contributed by atoms with Gasteiger partial charge in [-0.05, 0) is 39.7 Å². The minimum absolute atomic E-state index is 0.0526. The number of aryl methyl sites for hydroxylation is 2. The molecule has 0 aliphatic heterocycles. The average Bonchev–Trinajstić information content (AvgIpc) is 3.08. The Hall–Kier alpha value is -1.29. The highest BCUT2D eigenvalue weighted by Crippen LogP contribution is 2.29. The van der Waals surface area contributed by atoms with Gasteiger partial charge in [-0.2, -0.15) is 5.10 Å². The number of carbonyl (C=O) groups excluding carboxylic acids is 1. The Balaban J connectivity index is 2.15. The molecule has 1 aromatic heterocycles. The Morgan fingerprint density at radius 3 is 2.58 bits per heavy atom. The van der Waals surface area contributed by atoms with Gasteiger partial charge in [0.25, 0.3) is 0 Å². The van der Waals surface area contributed by atoms with Crippen molar-refractivity contribution in [2.45, 2.75) is 45.7 Å². The third kappa shape index (κ3) is 3.00. The van der Waals surface area contributed by atoms with E-state index in [-0.39, 0.29) is 11.9 Å². The van der Waals surface area contributed by atoms with Crippen LogP contribution in [0.1, 0.15) is 37.9 Å². The molecule has 0 N–H and O–H groups in total. The maximum absolute atomic E-state index is 12.2. The Morgan fingerprint density at radius 2 is 2.16 bits per heavy atom. The molecular weight excluding hydrogens is 262 g/mol. The summed E-state index contributed by atoms with van der Waals surface area (Å²) in [6.45, 7) is 5.98. The smallest absolute Gasteiger partial charge is 0.247 e. The summed E-state index contributed by atoms with van der Waals surface area (Å²) in [6, 6.07) is 0.651. The molecule has 0 spiro atoms. The zero-order valence-electron chi connectivity index (χ0n) is 11.9. The highest BCUT2D eigenvalue weighted by atomic mass is 35.5. The number of amides is 1. The molecule has 1 amide bonds. The molecule has 0 bridgehead atoms. The number of halogens is 1. The minimum atomic E-state index is 0.0526. The molecule has 0 atom stereocenters. The van der Waals surface area contributed by atoms with E-state index in [2.05, 4.69) is 5.10 Å². The third-order valence-electron chi connectivity index (χ3n) is 3.34. The molecule has 1 aliphatic rings. The zero-order chi connectivity index (χ0) is 14.2. The Morgan fingerprint density at radius 1 is 1.53 bits per heavy atom. The Bertz CT molecular complexity index is 513. The fourth-order valence-corrected chi connectivity index (χ4v) is 2.52. The Labute approximate surface area is 119 Å². The van der Waals surface area contributed by atoms with Gasteiger partial charge in [-0.3, -0.25) is 9.48 Å². The summed E-state index contributed by atoms with van der Waals surface area (Å²) in [7, 11) is 1.79. The Kier molecular flexibility index (Phi) is 3.99. The van der Waals surface area contributed by atoms with E-state index >= 15 is 0 Å². The molecule has 0 aromatic carbocycles. The maximum atomic E-state index is 12.2. The van der Waals surface area contributed by atoms with Gasteiger partial charge < -0.3 is 4.90 Å². The average molecular weight is 282 g/mol. The van der Waals surface area contributed by atoms with Crippen molar-refractivity contribution in [2.24, 2.45) is 7.05 Å². The van der Waals surface area contributed by atoms with Crippen LogP contribution in [0.3, 0.4) is 0 Å². The van der Waals surface area contributed by atoms with E-state index in [1.807, 2.05) is 25.7 Å². The second-order valence-electron chi connectivity index (χ2n) is 5.32. The van der Waals surface area contributed by atoms with Crippen LogP contribution in [0.25, 0.3) is 6.08 Å². The van der Waals surface area contributed by atoms with E-state index < -0.39 is 0 Å². The van der Waals surface area contributed by atoms with Crippen molar-refractivity contribution in [3.8, 4) is 0 Å². The van der Waals surface area contributed by atoms with Gasteiger partial charge in [-0.25, -0.2) is 0 Å². The van der Waals surface area contributed by atoms with E-state index in [9.17, 15) is 4.79 Å². The summed E-state index contributed by atoms with van der Waals surface area (Å²) < 4.78 is 1.61. The predicted molar refractivity (Wildman–Crippen MR) is 77.0 cm³/mol. The van der Waals surface area contributed by atoms with Crippen molar-refractivity contribution in [3.05, 3.63) is 22.5 Å². The third-order valence-corrected chi connectivity index (χ3v) is 3.79. The van der Waals surface area contributed by atoms with Crippen molar-refractivity contribution in [3.63, 3.8) is 0 Å². The number of hydrogen-bond donors (Lipinski definition) is 0. The first kappa shape index (κ1) is 14.1. The second-order valence-corrected chi connectivity index (χ2v) is 5.68. The second kappa shape index (κ2) is 5.37. The van der Waals surface area contributed by atoms with Crippen molar-refractivity contribution >= 4 is 23.6 Å².